The van der Waals surface area contributed by atoms with Gasteiger partial charge in [-0.05, 0) is 0 Å². The lowest BCUT2D eigenvalue weighted by molar-refractivity contribution is 0.253. The highest BCUT2D eigenvalue weighted by molar-refractivity contribution is 5.90. The third kappa shape index (κ3) is 3.80. The number of methoxy groups -OCH3 is 3. The molecule has 0 saturated heterocycles. The van der Waals surface area contributed by atoms with E-state index in [2.05, 4.69) is 17.2 Å². The predicted octanol–water partition coefficient (Wildman–Crippen LogP) is 2.02. The maximum absolute atomic E-state index is 11.5. The van der Waals surface area contributed by atoms with Crippen LogP contribution in [0.5, 0.6) is 17.2 Å². The number of rotatable bonds is 6. The average molecular weight is 266 g/mol. The summed E-state index contributed by atoms with van der Waals surface area (Å²) in [5.41, 5.74) is 0.538. The zero-order valence-electron chi connectivity index (χ0n) is 11.3. The van der Waals surface area contributed by atoms with E-state index in [1.807, 2.05) is 0 Å². The van der Waals surface area contributed by atoms with Crippen molar-refractivity contribution in [1.29, 1.82) is 0 Å². The number of hydrogen-bond donors (Lipinski definition) is 2. The van der Waals surface area contributed by atoms with Gasteiger partial charge in [0, 0.05) is 18.7 Å². The van der Waals surface area contributed by atoms with Crippen molar-refractivity contribution in [3.05, 3.63) is 24.8 Å². The number of hydrogen-bond acceptors (Lipinski definition) is 4. The van der Waals surface area contributed by atoms with Gasteiger partial charge in [-0.15, -0.1) is 6.58 Å². The molecule has 0 aliphatic heterocycles. The Kier molecular flexibility index (Phi) is 5.53. The molecule has 0 fully saturated rings. The lowest BCUT2D eigenvalue weighted by atomic mass is 10.2. The Morgan fingerprint density at radius 2 is 1.79 bits per heavy atom. The molecule has 0 heterocycles. The minimum Gasteiger partial charge on any atom is -0.493 e. The number of ether oxygens (including phenoxy) is 3. The first kappa shape index (κ1) is 14.7. The third-order valence-electron chi connectivity index (χ3n) is 2.33. The second-order valence-electron chi connectivity index (χ2n) is 3.54. The smallest absolute Gasteiger partial charge is 0.319 e. The number of amides is 2. The summed E-state index contributed by atoms with van der Waals surface area (Å²) in [4.78, 5) is 11.5. The van der Waals surface area contributed by atoms with Crippen molar-refractivity contribution in [2.45, 2.75) is 0 Å². The Labute approximate surface area is 112 Å². The first-order valence-electron chi connectivity index (χ1n) is 5.62. The summed E-state index contributed by atoms with van der Waals surface area (Å²) in [6, 6.07) is 2.96. The largest absolute Gasteiger partial charge is 0.493 e. The van der Waals surface area contributed by atoms with Gasteiger partial charge in [0.15, 0.2) is 11.5 Å². The first-order valence-corrected chi connectivity index (χ1v) is 5.62. The number of anilines is 1. The number of urea groups is 1. The molecule has 0 spiro atoms. The number of carbonyl (C=O) groups is 1. The Bertz CT molecular complexity index is 435. The van der Waals surface area contributed by atoms with Crippen LogP contribution in [0.4, 0.5) is 10.5 Å². The van der Waals surface area contributed by atoms with E-state index in [-0.39, 0.29) is 6.03 Å². The summed E-state index contributed by atoms with van der Waals surface area (Å²) in [5.74, 6) is 1.42. The minimum atomic E-state index is -0.339. The molecule has 6 heteroatoms. The summed E-state index contributed by atoms with van der Waals surface area (Å²) >= 11 is 0. The molecule has 1 aromatic rings. The SMILES string of the molecule is C=CCNC(=O)Nc1cc(OC)c(OC)c(OC)c1. The van der Waals surface area contributed by atoms with E-state index in [1.165, 1.54) is 21.3 Å². The topological polar surface area (TPSA) is 68.8 Å². The normalized spacial score (nSPS) is 9.42. The highest BCUT2D eigenvalue weighted by Crippen LogP contribution is 2.39. The van der Waals surface area contributed by atoms with Crippen LogP contribution in [-0.2, 0) is 0 Å². The Hall–Kier alpha value is -2.37. The Morgan fingerprint density at radius 1 is 1.21 bits per heavy atom. The average Bonchev–Trinajstić information content (AvgIpc) is 2.43. The monoisotopic (exact) mass is 266 g/mol. The zero-order valence-corrected chi connectivity index (χ0v) is 11.3. The predicted molar refractivity (Wildman–Crippen MR) is 73.3 cm³/mol. The van der Waals surface area contributed by atoms with Gasteiger partial charge in [-0.3, -0.25) is 0 Å². The van der Waals surface area contributed by atoms with Crippen molar-refractivity contribution in [1.82, 2.24) is 5.32 Å². The molecule has 19 heavy (non-hydrogen) atoms. The molecular weight excluding hydrogens is 248 g/mol. The Morgan fingerprint density at radius 3 is 2.21 bits per heavy atom. The molecule has 104 valence electrons. The number of nitrogens with one attached hydrogen (secondary N) is 2. The van der Waals surface area contributed by atoms with Gasteiger partial charge >= 0.3 is 6.03 Å². The molecule has 1 rings (SSSR count). The van der Waals surface area contributed by atoms with E-state index in [9.17, 15) is 4.79 Å². The standard InChI is InChI=1S/C13H18N2O4/c1-5-6-14-13(16)15-9-7-10(17-2)12(19-4)11(8-9)18-3/h5,7-8H,1,6H2,2-4H3,(H2,14,15,16). The van der Waals surface area contributed by atoms with Crippen LogP contribution in [0.1, 0.15) is 0 Å². The molecule has 0 aliphatic carbocycles. The number of carbonyl (C=O) groups excluding carboxylic acids is 1. The molecule has 0 saturated carbocycles. The Balaban J connectivity index is 2.96. The molecule has 2 N–H and O–H groups in total. The van der Waals surface area contributed by atoms with E-state index in [0.29, 0.717) is 29.5 Å². The lowest BCUT2D eigenvalue weighted by Gasteiger charge is -2.14. The van der Waals surface area contributed by atoms with Gasteiger partial charge in [0.2, 0.25) is 5.75 Å². The summed E-state index contributed by atoms with van der Waals surface area (Å²) in [7, 11) is 4.54. The van der Waals surface area contributed by atoms with Crippen molar-refractivity contribution >= 4 is 11.7 Å². The molecule has 0 aliphatic rings. The van der Waals surface area contributed by atoms with E-state index in [4.69, 9.17) is 14.2 Å². The van der Waals surface area contributed by atoms with Crippen LogP contribution >= 0.6 is 0 Å². The molecule has 6 nitrogen and oxygen atoms in total. The van der Waals surface area contributed by atoms with Crippen LogP contribution in [-0.4, -0.2) is 33.9 Å². The van der Waals surface area contributed by atoms with Gasteiger partial charge in [-0.1, -0.05) is 6.08 Å². The molecule has 0 bridgehead atoms. The number of benzene rings is 1. The maximum atomic E-state index is 11.5. The van der Waals surface area contributed by atoms with E-state index in [1.54, 1.807) is 18.2 Å². The molecule has 0 radical (unpaired) electrons. The highest BCUT2D eigenvalue weighted by atomic mass is 16.5. The van der Waals surface area contributed by atoms with Crippen LogP contribution in [0.15, 0.2) is 24.8 Å². The van der Waals surface area contributed by atoms with Gasteiger partial charge in [-0.25, -0.2) is 4.79 Å². The van der Waals surface area contributed by atoms with Gasteiger partial charge in [-0.2, -0.15) is 0 Å². The van der Waals surface area contributed by atoms with Crippen LogP contribution < -0.4 is 24.8 Å². The molecule has 0 unspecified atom stereocenters. The van der Waals surface area contributed by atoms with Crippen LogP contribution in [0.2, 0.25) is 0 Å². The molecule has 2 amide bonds. The lowest BCUT2D eigenvalue weighted by Crippen LogP contribution is -2.28. The molecular formula is C13H18N2O4. The summed E-state index contributed by atoms with van der Waals surface area (Å²) < 4.78 is 15.6. The molecule has 0 atom stereocenters. The second kappa shape index (κ2) is 7.15. The van der Waals surface area contributed by atoms with E-state index in [0.717, 1.165) is 0 Å². The van der Waals surface area contributed by atoms with Crippen LogP contribution in [0.3, 0.4) is 0 Å². The fraction of sp³-hybridized carbons (Fsp3) is 0.308. The summed E-state index contributed by atoms with van der Waals surface area (Å²) in [5, 5.41) is 5.27. The first-order chi connectivity index (χ1) is 9.15. The van der Waals surface area contributed by atoms with Gasteiger partial charge in [0.05, 0.1) is 27.0 Å². The van der Waals surface area contributed by atoms with Crippen LogP contribution in [0, 0.1) is 0 Å². The van der Waals surface area contributed by atoms with Crippen molar-refractivity contribution in [2.24, 2.45) is 0 Å². The second-order valence-corrected chi connectivity index (χ2v) is 3.54. The van der Waals surface area contributed by atoms with Crippen molar-refractivity contribution in [2.75, 3.05) is 33.2 Å². The van der Waals surface area contributed by atoms with Crippen molar-refractivity contribution in [3.63, 3.8) is 0 Å². The van der Waals surface area contributed by atoms with Gasteiger partial charge in [0.25, 0.3) is 0 Å². The summed E-state index contributed by atoms with van der Waals surface area (Å²) in [6.07, 6.45) is 1.59. The van der Waals surface area contributed by atoms with Crippen LogP contribution in [0.25, 0.3) is 0 Å². The minimum absolute atomic E-state index is 0.339. The molecule has 1 aromatic carbocycles. The quantitative estimate of drug-likeness (QED) is 0.773. The fourth-order valence-corrected chi connectivity index (χ4v) is 1.49. The van der Waals surface area contributed by atoms with E-state index >= 15 is 0 Å². The van der Waals surface area contributed by atoms with E-state index < -0.39 is 0 Å². The highest BCUT2D eigenvalue weighted by Gasteiger charge is 2.14. The zero-order chi connectivity index (χ0) is 14.3. The maximum Gasteiger partial charge on any atom is 0.319 e. The molecule has 0 aromatic heterocycles. The van der Waals surface area contributed by atoms with Gasteiger partial charge < -0.3 is 24.8 Å². The van der Waals surface area contributed by atoms with Crippen molar-refractivity contribution in [3.8, 4) is 17.2 Å². The summed E-state index contributed by atoms with van der Waals surface area (Å²) in [6.45, 7) is 3.90. The third-order valence-corrected chi connectivity index (χ3v) is 2.33. The fourth-order valence-electron chi connectivity index (χ4n) is 1.49. The van der Waals surface area contributed by atoms with Crippen molar-refractivity contribution < 1.29 is 19.0 Å². The van der Waals surface area contributed by atoms with Gasteiger partial charge in [0.1, 0.15) is 0 Å².